The summed E-state index contributed by atoms with van der Waals surface area (Å²) in [7, 11) is 0. The van der Waals surface area contributed by atoms with Gasteiger partial charge in [-0.3, -0.25) is 0 Å². The van der Waals surface area contributed by atoms with Crippen molar-refractivity contribution in [3.8, 4) is 5.75 Å². The van der Waals surface area contributed by atoms with Crippen LogP contribution in [0.4, 0.5) is 4.79 Å². The van der Waals surface area contributed by atoms with Gasteiger partial charge in [0.2, 0.25) is 0 Å². The van der Waals surface area contributed by atoms with Gasteiger partial charge in [0.25, 0.3) is 0 Å². The summed E-state index contributed by atoms with van der Waals surface area (Å²) in [5, 5.41) is 9.55. The van der Waals surface area contributed by atoms with E-state index in [1.165, 1.54) is 0 Å². The number of primary amides is 1. The second kappa shape index (κ2) is 5.44. The number of rotatable bonds is 3. The van der Waals surface area contributed by atoms with Crippen LogP contribution in [0.25, 0.3) is 0 Å². The van der Waals surface area contributed by atoms with Crippen molar-refractivity contribution in [3.05, 3.63) is 65.2 Å². The molecule has 2 rings (SSSR count). The predicted molar refractivity (Wildman–Crippen MR) is 71.8 cm³/mol. The lowest BCUT2D eigenvalue weighted by molar-refractivity contribution is 0.126. The Morgan fingerprint density at radius 3 is 2.42 bits per heavy atom. The molecule has 4 nitrogen and oxygen atoms in total. The summed E-state index contributed by atoms with van der Waals surface area (Å²) in [5.74, 6) is 0.203. The van der Waals surface area contributed by atoms with Crippen molar-refractivity contribution in [1.29, 1.82) is 0 Å². The molecule has 98 valence electrons. The zero-order valence-electron chi connectivity index (χ0n) is 10.5. The maximum Gasteiger partial charge on any atom is 0.405 e. The van der Waals surface area contributed by atoms with Crippen LogP contribution in [0.2, 0.25) is 0 Å². The largest absolute Gasteiger partial charge is 0.508 e. The van der Waals surface area contributed by atoms with Gasteiger partial charge in [-0.05, 0) is 35.7 Å². The van der Waals surface area contributed by atoms with Gasteiger partial charge in [-0.25, -0.2) is 4.79 Å². The lowest BCUT2D eigenvalue weighted by atomic mass is 9.99. The lowest BCUT2D eigenvalue weighted by Gasteiger charge is -2.18. The topological polar surface area (TPSA) is 72.5 Å². The van der Waals surface area contributed by atoms with E-state index in [-0.39, 0.29) is 5.75 Å². The van der Waals surface area contributed by atoms with Crippen molar-refractivity contribution in [1.82, 2.24) is 0 Å². The Kier molecular flexibility index (Phi) is 3.71. The van der Waals surface area contributed by atoms with Crippen LogP contribution in [0.5, 0.6) is 5.75 Å². The predicted octanol–water partition coefficient (Wildman–Crippen LogP) is 2.89. The number of aryl methyl sites for hydroxylation is 1. The number of aromatic hydroxyl groups is 1. The summed E-state index contributed by atoms with van der Waals surface area (Å²) in [6.07, 6.45) is -1.41. The highest BCUT2D eigenvalue weighted by Gasteiger charge is 2.18. The second-order valence-electron chi connectivity index (χ2n) is 4.27. The van der Waals surface area contributed by atoms with E-state index >= 15 is 0 Å². The summed E-state index contributed by atoms with van der Waals surface area (Å²) < 4.78 is 5.17. The second-order valence-corrected chi connectivity index (χ2v) is 4.27. The smallest absolute Gasteiger partial charge is 0.405 e. The van der Waals surface area contributed by atoms with Crippen molar-refractivity contribution < 1.29 is 14.6 Å². The molecule has 3 N–H and O–H groups in total. The number of amides is 1. The van der Waals surface area contributed by atoms with Crippen LogP contribution in [0.15, 0.2) is 48.5 Å². The monoisotopic (exact) mass is 257 g/mol. The first-order chi connectivity index (χ1) is 9.08. The molecule has 0 heterocycles. The molecule has 1 unspecified atom stereocenters. The van der Waals surface area contributed by atoms with E-state index in [1.54, 1.807) is 25.1 Å². The standard InChI is InChI=1S/C15H15NO3/c1-10-9-12(7-8-13(10)17)14(19-15(16)18)11-5-3-2-4-6-11/h2-9,14,17H,1H3,(H2,16,18). The number of ether oxygens (including phenoxy) is 1. The van der Waals surface area contributed by atoms with Gasteiger partial charge in [-0.1, -0.05) is 36.4 Å². The van der Waals surface area contributed by atoms with E-state index in [0.717, 1.165) is 11.1 Å². The van der Waals surface area contributed by atoms with E-state index in [0.29, 0.717) is 5.56 Å². The van der Waals surface area contributed by atoms with Crippen LogP contribution in [-0.2, 0) is 4.74 Å². The first-order valence-corrected chi connectivity index (χ1v) is 5.88. The Morgan fingerprint density at radius 2 is 1.84 bits per heavy atom. The third kappa shape index (κ3) is 3.04. The Labute approximate surface area is 111 Å². The number of hydrogen-bond donors (Lipinski definition) is 2. The van der Waals surface area contributed by atoms with E-state index in [4.69, 9.17) is 10.5 Å². The van der Waals surface area contributed by atoms with E-state index in [2.05, 4.69) is 0 Å². The normalized spacial score (nSPS) is 11.8. The Morgan fingerprint density at radius 1 is 1.16 bits per heavy atom. The van der Waals surface area contributed by atoms with Crippen LogP contribution >= 0.6 is 0 Å². The zero-order chi connectivity index (χ0) is 13.8. The van der Waals surface area contributed by atoms with Gasteiger partial charge < -0.3 is 15.6 Å². The van der Waals surface area contributed by atoms with Gasteiger partial charge in [-0.2, -0.15) is 0 Å². The average molecular weight is 257 g/mol. The van der Waals surface area contributed by atoms with Crippen LogP contribution in [0, 0.1) is 6.92 Å². The Balaban J connectivity index is 2.42. The van der Waals surface area contributed by atoms with Crippen molar-refractivity contribution in [3.63, 3.8) is 0 Å². The highest BCUT2D eigenvalue weighted by atomic mass is 16.6. The molecule has 0 aliphatic heterocycles. The maximum atomic E-state index is 11.1. The number of benzene rings is 2. The first kappa shape index (κ1) is 13.0. The van der Waals surface area contributed by atoms with Gasteiger partial charge in [0.05, 0.1) is 0 Å². The molecule has 0 spiro atoms. The fourth-order valence-corrected chi connectivity index (χ4v) is 1.91. The first-order valence-electron chi connectivity index (χ1n) is 5.88. The van der Waals surface area contributed by atoms with Crippen LogP contribution in [0.3, 0.4) is 0 Å². The number of phenols is 1. The Bertz CT molecular complexity index is 581. The summed E-state index contributed by atoms with van der Waals surface area (Å²) in [6, 6.07) is 14.4. The minimum Gasteiger partial charge on any atom is -0.508 e. The summed E-state index contributed by atoms with van der Waals surface area (Å²) >= 11 is 0. The van der Waals surface area contributed by atoms with Gasteiger partial charge in [0.1, 0.15) is 5.75 Å². The molecule has 4 heteroatoms. The number of phenolic OH excluding ortho intramolecular Hbond substituents is 1. The van der Waals surface area contributed by atoms with E-state index in [1.807, 2.05) is 30.3 Å². The molecule has 2 aromatic carbocycles. The molecule has 0 saturated carbocycles. The van der Waals surface area contributed by atoms with E-state index < -0.39 is 12.2 Å². The molecule has 0 aromatic heterocycles. The molecule has 2 aromatic rings. The number of carbonyl (C=O) groups excluding carboxylic acids is 1. The third-order valence-electron chi connectivity index (χ3n) is 2.86. The molecule has 19 heavy (non-hydrogen) atoms. The number of nitrogens with two attached hydrogens (primary N) is 1. The molecule has 0 bridgehead atoms. The highest BCUT2D eigenvalue weighted by Crippen LogP contribution is 2.29. The van der Waals surface area contributed by atoms with Crippen LogP contribution < -0.4 is 5.73 Å². The van der Waals surface area contributed by atoms with Crippen molar-refractivity contribution in [2.75, 3.05) is 0 Å². The molecule has 0 fully saturated rings. The summed E-state index contributed by atoms with van der Waals surface area (Å²) in [5.41, 5.74) is 7.43. The SMILES string of the molecule is Cc1cc(C(OC(N)=O)c2ccccc2)ccc1O. The molecular weight excluding hydrogens is 242 g/mol. The third-order valence-corrected chi connectivity index (χ3v) is 2.86. The van der Waals surface area contributed by atoms with Crippen molar-refractivity contribution in [2.24, 2.45) is 5.73 Å². The fraction of sp³-hybridized carbons (Fsp3) is 0.133. The van der Waals surface area contributed by atoms with Gasteiger partial charge in [-0.15, -0.1) is 0 Å². The molecule has 0 radical (unpaired) electrons. The van der Waals surface area contributed by atoms with E-state index in [9.17, 15) is 9.90 Å². The molecule has 0 aliphatic rings. The van der Waals surface area contributed by atoms with Gasteiger partial charge in [0.15, 0.2) is 6.10 Å². The van der Waals surface area contributed by atoms with Crippen LogP contribution in [-0.4, -0.2) is 11.2 Å². The molecule has 1 amide bonds. The minimum atomic E-state index is -0.834. The van der Waals surface area contributed by atoms with Crippen molar-refractivity contribution in [2.45, 2.75) is 13.0 Å². The average Bonchev–Trinajstić information content (AvgIpc) is 2.40. The van der Waals surface area contributed by atoms with Gasteiger partial charge >= 0.3 is 6.09 Å². The number of hydrogen-bond acceptors (Lipinski definition) is 3. The molecular formula is C15H15NO3. The summed E-state index contributed by atoms with van der Waals surface area (Å²) in [6.45, 7) is 1.78. The fourth-order valence-electron chi connectivity index (χ4n) is 1.91. The molecule has 0 aliphatic carbocycles. The van der Waals surface area contributed by atoms with Gasteiger partial charge in [0, 0.05) is 0 Å². The maximum absolute atomic E-state index is 11.1. The lowest BCUT2D eigenvalue weighted by Crippen LogP contribution is -2.18. The molecule has 0 saturated heterocycles. The van der Waals surface area contributed by atoms with Crippen molar-refractivity contribution >= 4 is 6.09 Å². The minimum absolute atomic E-state index is 0.203. The quantitative estimate of drug-likeness (QED) is 0.888. The highest BCUT2D eigenvalue weighted by molar-refractivity contribution is 5.65. The van der Waals surface area contributed by atoms with Crippen LogP contribution in [0.1, 0.15) is 22.8 Å². The molecule has 1 atom stereocenters. The number of carbonyl (C=O) groups is 1. The summed E-state index contributed by atoms with van der Waals surface area (Å²) in [4.78, 5) is 11.1. The zero-order valence-corrected chi connectivity index (χ0v) is 10.5. The Hall–Kier alpha value is -2.49.